The number of nitrogens with one attached hydrogen (secondary N) is 1. The van der Waals surface area contributed by atoms with Crippen LogP contribution in [0.15, 0.2) is 48.5 Å². The van der Waals surface area contributed by atoms with Crippen LogP contribution in [0.4, 0.5) is 16.2 Å². The highest BCUT2D eigenvalue weighted by Crippen LogP contribution is 2.16. The Labute approximate surface area is 149 Å². The lowest BCUT2D eigenvalue weighted by molar-refractivity contribution is 0.160. The normalized spacial score (nSPS) is 10.4. The van der Waals surface area contributed by atoms with Gasteiger partial charge >= 0.3 is 6.09 Å². The van der Waals surface area contributed by atoms with E-state index in [0.717, 1.165) is 22.7 Å². The Kier molecular flexibility index (Phi) is 7.29. The molecule has 0 spiro atoms. The molecule has 2 aromatic carbocycles. The Morgan fingerprint density at radius 3 is 2.28 bits per heavy atom. The van der Waals surface area contributed by atoms with Crippen molar-refractivity contribution < 1.29 is 9.53 Å². The Balaban J connectivity index is 1.88. The van der Waals surface area contributed by atoms with Crippen molar-refractivity contribution in [2.24, 2.45) is 5.84 Å². The Morgan fingerprint density at radius 1 is 1.04 bits per heavy atom. The molecule has 5 nitrogen and oxygen atoms in total. The van der Waals surface area contributed by atoms with Crippen LogP contribution < -0.4 is 16.2 Å². The highest BCUT2D eigenvalue weighted by molar-refractivity contribution is 5.86. The maximum atomic E-state index is 11.6. The van der Waals surface area contributed by atoms with E-state index in [9.17, 15) is 4.79 Å². The minimum atomic E-state index is -0.559. The van der Waals surface area contributed by atoms with E-state index in [1.165, 1.54) is 18.4 Å². The summed E-state index contributed by atoms with van der Waals surface area (Å²) in [6.07, 6.45) is 3.01. The standard InChI is InChI=1S/C20H27N3O2/c1-3-5-6-16-7-11-18(12-8-16)22-15-17-9-13-19(14-10-17)23(21)20(24)25-4-2/h7-14,22H,3-6,15,21H2,1-2H3. The first-order chi connectivity index (χ1) is 12.1. The second-order valence-corrected chi connectivity index (χ2v) is 5.89. The van der Waals surface area contributed by atoms with Crippen LogP contribution in [0.1, 0.15) is 37.8 Å². The van der Waals surface area contributed by atoms with Crippen molar-refractivity contribution >= 4 is 17.5 Å². The van der Waals surface area contributed by atoms with Gasteiger partial charge in [0.25, 0.3) is 0 Å². The number of nitrogens with zero attached hydrogens (tertiary/aromatic N) is 1. The first-order valence-electron chi connectivity index (χ1n) is 8.77. The van der Waals surface area contributed by atoms with E-state index in [4.69, 9.17) is 10.6 Å². The van der Waals surface area contributed by atoms with E-state index in [1.54, 1.807) is 6.92 Å². The number of hydrogen-bond donors (Lipinski definition) is 2. The molecule has 25 heavy (non-hydrogen) atoms. The molecule has 0 radical (unpaired) electrons. The zero-order chi connectivity index (χ0) is 18.1. The number of carbonyl (C=O) groups is 1. The van der Waals surface area contributed by atoms with Gasteiger partial charge in [0.2, 0.25) is 0 Å². The quantitative estimate of drug-likeness (QED) is 0.422. The maximum Gasteiger partial charge on any atom is 0.428 e. The molecule has 134 valence electrons. The van der Waals surface area contributed by atoms with Crippen LogP contribution in [0.3, 0.4) is 0 Å². The molecule has 0 fully saturated rings. The van der Waals surface area contributed by atoms with Crippen LogP contribution in [-0.4, -0.2) is 12.7 Å². The number of ether oxygens (including phenoxy) is 1. The van der Waals surface area contributed by atoms with E-state index >= 15 is 0 Å². The summed E-state index contributed by atoms with van der Waals surface area (Å²) in [6, 6.07) is 16.1. The SMILES string of the molecule is CCCCc1ccc(NCc2ccc(N(N)C(=O)OCC)cc2)cc1. The topological polar surface area (TPSA) is 67.6 Å². The lowest BCUT2D eigenvalue weighted by Gasteiger charge is -2.16. The summed E-state index contributed by atoms with van der Waals surface area (Å²) >= 11 is 0. The first kappa shape index (κ1) is 18.8. The molecule has 0 aromatic heterocycles. The molecule has 0 aliphatic carbocycles. The average molecular weight is 341 g/mol. The zero-order valence-corrected chi connectivity index (χ0v) is 15.0. The monoisotopic (exact) mass is 341 g/mol. The van der Waals surface area contributed by atoms with Crippen molar-refractivity contribution in [3.8, 4) is 0 Å². The fourth-order valence-corrected chi connectivity index (χ4v) is 2.45. The third-order valence-corrected chi connectivity index (χ3v) is 3.95. The molecule has 0 saturated heterocycles. The summed E-state index contributed by atoms with van der Waals surface area (Å²) in [4.78, 5) is 11.6. The summed E-state index contributed by atoms with van der Waals surface area (Å²) in [5.74, 6) is 5.73. The molecule has 2 aromatic rings. The molecule has 3 N–H and O–H groups in total. The number of aryl methyl sites for hydroxylation is 1. The maximum absolute atomic E-state index is 11.6. The van der Waals surface area contributed by atoms with Crippen molar-refractivity contribution in [2.75, 3.05) is 16.9 Å². The molecule has 2 rings (SSSR count). The van der Waals surface area contributed by atoms with Crippen molar-refractivity contribution in [3.63, 3.8) is 0 Å². The summed E-state index contributed by atoms with van der Waals surface area (Å²) in [5, 5.41) is 4.41. The number of anilines is 2. The number of carbonyl (C=O) groups excluding carboxylic acids is 1. The molecular weight excluding hydrogens is 314 g/mol. The van der Waals surface area contributed by atoms with E-state index in [2.05, 4.69) is 36.5 Å². The van der Waals surface area contributed by atoms with Gasteiger partial charge in [-0.25, -0.2) is 15.6 Å². The van der Waals surface area contributed by atoms with Crippen LogP contribution in [0.2, 0.25) is 0 Å². The first-order valence-corrected chi connectivity index (χ1v) is 8.77. The molecule has 1 amide bonds. The van der Waals surface area contributed by atoms with Crippen LogP contribution >= 0.6 is 0 Å². The summed E-state index contributed by atoms with van der Waals surface area (Å²) in [7, 11) is 0. The van der Waals surface area contributed by atoms with Gasteiger partial charge in [0.1, 0.15) is 0 Å². The fourth-order valence-electron chi connectivity index (χ4n) is 2.45. The molecule has 0 heterocycles. The van der Waals surface area contributed by atoms with Gasteiger partial charge in [-0.3, -0.25) is 0 Å². The zero-order valence-electron chi connectivity index (χ0n) is 15.0. The van der Waals surface area contributed by atoms with Gasteiger partial charge in [0.15, 0.2) is 0 Å². The Hall–Kier alpha value is -2.53. The predicted molar refractivity (Wildman–Crippen MR) is 103 cm³/mol. The van der Waals surface area contributed by atoms with E-state index < -0.39 is 6.09 Å². The number of hydrogen-bond acceptors (Lipinski definition) is 4. The van der Waals surface area contributed by atoms with Crippen LogP contribution in [0, 0.1) is 0 Å². The Bertz CT molecular complexity index is 654. The van der Waals surface area contributed by atoms with E-state index in [-0.39, 0.29) is 0 Å². The van der Waals surface area contributed by atoms with E-state index in [1.807, 2.05) is 24.3 Å². The molecule has 5 heteroatoms. The fraction of sp³-hybridized carbons (Fsp3) is 0.350. The highest BCUT2D eigenvalue weighted by atomic mass is 16.6. The van der Waals surface area contributed by atoms with Crippen molar-refractivity contribution in [1.82, 2.24) is 0 Å². The molecule has 0 bridgehead atoms. The average Bonchev–Trinajstić information content (AvgIpc) is 2.65. The highest BCUT2D eigenvalue weighted by Gasteiger charge is 2.11. The van der Waals surface area contributed by atoms with Crippen LogP contribution in [-0.2, 0) is 17.7 Å². The van der Waals surface area contributed by atoms with Gasteiger partial charge in [-0.1, -0.05) is 37.6 Å². The third kappa shape index (κ3) is 5.80. The molecule has 0 aliphatic heterocycles. The van der Waals surface area contributed by atoms with Crippen LogP contribution in [0.5, 0.6) is 0 Å². The largest absolute Gasteiger partial charge is 0.449 e. The number of hydrazine groups is 1. The van der Waals surface area contributed by atoms with Gasteiger partial charge in [-0.2, -0.15) is 0 Å². The summed E-state index contributed by atoms with van der Waals surface area (Å²) < 4.78 is 4.88. The van der Waals surface area contributed by atoms with Crippen molar-refractivity contribution in [3.05, 3.63) is 59.7 Å². The molecule has 0 atom stereocenters. The number of rotatable bonds is 8. The molecule has 0 aliphatic rings. The molecule has 0 unspecified atom stereocenters. The van der Waals surface area contributed by atoms with Gasteiger partial charge in [0.05, 0.1) is 12.3 Å². The van der Waals surface area contributed by atoms with Crippen LogP contribution in [0.25, 0.3) is 0 Å². The lowest BCUT2D eigenvalue weighted by atomic mass is 10.1. The second-order valence-electron chi connectivity index (χ2n) is 5.89. The molecule has 0 saturated carbocycles. The minimum Gasteiger partial charge on any atom is -0.449 e. The Morgan fingerprint density at radius 2 is 1.68 bits per heavy atom. The van der Waals surface area contributed by atoms with Gasteiger partial charge in [0, 0.05) is 12.2 Å². The van der Waals surface area contributed by atoms with Gasteiger partial charge in [-0.05, 0) is 55.2 Å². The summed E-state index contributed by atoms with van der Waals surface area (Å²) in [6.45, 7) is 4.96. The van der Waals surface area contributed by atoms with E-state index in [0.29, 0.717) is 18.8 Å². The number of amides is 1. The van der Waals surface area contributed by atoms with Gasteiger partial charge < -0.3 is 10.1 Å². The number of benzene rings is 2. The third-order valence-electron chi connectivity index (χ3n) is 3.95. The summed E-state index contributed by atoms with van der Waals surface area (Å²) in [5.41, 5.74) is 4.17. The minimum absolute atomic E-state index is 0.297. The van der Waals surface area contributed by atoms with Gasteiger partial charge in [-0.15, -0.1) is 0 Å². The lowest BCUT2D eigenvalue weighted by Crippen LogP contribution is -2.37. The molecular formula is C20H27N3O2. The van der Waals surface area contributed by atoms with Crippen molar-refractivity contribution in [1.29, 1.82) is 0 Å². The number of nitrogens with two attached hydrogens (primary N) is 1. The number of unbranched alkanes of at least 4 members (excludes halogenated alkanes) is 1. The van der Waals surface area contributed by atoms with Crippen molar-refractivity contribution in [2.45, 2.75) is 39.7 Å². The second kappa shape index (κ2) is 9.69. The predicted octanol–water partition coefficient (Wildman–Crippen LogP) is 4.48. The smallest absolute Gasteiger partial charge is 0.428 e.